The van der Waals surface area contributed by atoms with Crippen molar-refractivity contribution in [1.29, 1.82) is 0 Å². The minimum Gasteiger partial charge on any atom is -0.370 e. The van der Waals surface area contributed by atoms with E-state index >= 15 is 0 Å². The molecule has 0 aromatic heterocycles. The van der Waals surface area contributed by atoms with Gasteiger partial charge in [-0.05, 0) is 67.0 Å². The molecule has 0 fully saturated rings. The highest BCUT2D eigenvalue weighted by atomic mass is 127. The van der Waals surface area contributed by atoms with E-state index in [-0.39, 0.29) is 29.9 Å². The van der Waals surface area contributed by atoms with Crippen LogP contribution in [0.2, 0.25) is 0 Å². The summed E-state index contributed by atoms with van der Waals surface area (Å²) in [7, 11) is 0. The monoisotopic (exact) mass is 492 g/mol. The molecule has 0 radical (unpaired) electrons. The fourth-order valence-corrected chi connectivity index (χ4v) is 3.40. The van der Waals surface area contributed by atoms with E-state index in [9.17, 15) is 4.79 Å². The van der Waals surface area contributed by atoms with Crippen LogP contribution in [0.3, 0.4) is 0 Å². The Morgan fingerprint density at radius 3 is 2.75 bits per heavy atom. The van der Waals surface area contributed by atoms with Crippen molar-refractivity contribution in [3.05, 3.63) is 64.7 Å². The van der Waals surface area contributed by atoms with Crippen molar-refractivity contribution < 1.29 is 4.79 Å². The number of nitrogens with one attached hydrogen (secondary N) is 2. The Kier molecular flexibility index (Phi) is 8.76. The average Bonchev–Trinajstić information content (AvgIpc) is 2.71. The molecule has 150 valence electrons. The number of carbonyl (C=O) groups is 1. The number of fused-ring (bicyclic) bond motifs is 1. The van der Waals surface area contributed by atoms with Gasteiger partial charge in [-0.3, -0.25) is 4.79 Å². The molecule has 0 spiro atoms. The lowest BCUT2D eigenvalue weighted by Gasteiger charge is -2.19. The Hall–Kier alpha value is -2.09. The molecular formula is C22H29IN4O. The minimum atomic E-state index is -0.0512. The number of nitrogens with two attached hydrogens (primary N) is 1. The lowest BCUT2D eigenvalue weighted by molar-refractivity contribution is 0.0953. The first-order valence-corrected chi connectivity index (χ1v) is 9.72. The van der Waals surface area contributed by atoms with E-state index in [1.807, 2.05) is 31.2 Å². The van der Waals surface area contributed by atoms with E-state index < -0.39 is 0 Å². The Balaban J connectivity index is 0.00000280. The van der Waals surface area contributed by atoms with Gasteiger partial charge in [0.2, 0.25) is 0 Å². The van der Waals surface area contributed by atoms with Crippen LogP contribution in [-0.4, -0.2) is 18.4 Å². The summed E-state index contributed by atoms with van der Waals surface area (Å²) in [5.41, 5.74) is 11.5. The molecule has 0 saturated carbocycles. The molecular weight excluding hydrogens is 463 g/mol. The van der Waals surface area contributed by atoms with Gasteiger partial charge in [0.15, 0.2) is 5.96 Å². The molecule has 0 bridgehead atoms. The van der Waals surface area contributed by atoms with Crippen molar-refractivity contribution in [2.24, 2.45) is 10.7 Å². The minimum absolute atomic E-state index is 0. The predicted octanol–water partition coefficient (Wildman–Crippen LogP) is 4.25. The molecule has 2 aromatic rings. The van der Waals surface area contributed by atoms with Crippen LogP contribution in [0.15, 0.2) is 47.5 Å². The average molecular weight is 492 g/mol. The highest BCUT2D eigenvalue weighted by Crippen LogP contribution is 2.27. The Morgan fingerprint density at radius 2 is 1.93 bits per heavy atom. The zero-order valence-electron chi connectivity index (χ0n) is 16.3. The number of rotatable bonds is 6. The summed E-state index contributed by atoms with van der Waals surface area (Å²) in [6.45, 7) is 3.15. The number of nitrogens with zero attached hydrogens (tertiary/aromatic N) is 1. The number of hydrogen-bond donors (Lipinski definition) is 3. The first kappa shape index (κ1) is 22.2. The molecule has 0 aliphatic heterocycles. The van der Waals surface area contributed by atoms with Crippen LogP contribution in [0.1, 0.15) is 53.2 Å². The molecule has 5 nitrogen and oxygen atoms in total. The number of hydrogen-bond acceptors (Lipinski definition) is 2. The zero-order valence-corrected chi connectivity index (χ0v) is 18.7. The van der Waals surface area contributed by atoms with Gasteiger partial charge in [-0.25, -0.2) is 4.99 Å². The maximum absolute atomic E-state index is 12.1. The summed E-state index contributed by atoms with van der Waals surface area (Å²) < 4.78 is 0. The fourth-order valence-electron chi connectivity index (χ4n) is 3.40. The molecule has 6 heteroatoms. The van der Waals surface area contributed by atoms with E-state index in [0.717, 1.165) is 30.5 Å². The van der Waals surface area contributed by atoms with Crippen LogP contribution in [0.4, 0.5) is 5.69 Å². The first-order valence-electron chi connectivity index (χ1n) is 9.72. The van der Waals surface area contributed by atoms with Gasteiger partial charge in [0.25, 0.3) is 5.91 Å². The van der Waals surface area contributed by atoms with Crippen LogP contribution < -0.4 is 16.4 Å². The number of anilines is 1. The van der Waals surface area contributed by atoms with Gasteiger partial charge in [0.1, 0.15) is 0 Å². The second-order valence-corrected chi connectivity index (χ2v) is 6.93. The van der Waals surface area contributed by atoms with Crippen molar-refractivity contribution >= 4 is 41.5 Å². The van der Waals surface area contributed by atoms with Crippen molar-refractivity contribution in [1.82, 2.24) is 5.32 Å². The summed E-state index contributed by atoms with van der Waals surface area (Å²) in [4.78, 5) is 16.5. The number of carbonyl (C=O) groups excluding carboxylic acids is 1. The van der Waals surface area contributed by atoms with Gasteiger partial charge in [0.05, 0.1) is 6.54 Å². The highest BCUT2D eigenvalue weighted by molar-refractivity contribution is 14.0. The normalized spacial score (nSPS) is 13.2. The standard InChI is InChI=1S/C22H28N4O.HI/c1-2-13-24-21(27)18-10-5-7-16(14-18)15-25-22(23)26-20-12-6-9-17-8-3-4-11-19(17)20;/h5-7,9-10,12,14H,2-4,8,11,13,15H2,1H3,(H,24,27)(H3,23,25,26);1H. The first-order chi connectivity index (χ1) is 13.2. The summed E-state index contributed by atoms with van der Waals surface area (Å²) in [5.74, 6) is 0.347. The second kappa shape index (κ2) is 11.0. The lowest BCUT2D eigenvalue weighted by Crippen LogP contribution is -2.24. The van der Waals surface area contributed by atoms with E-state index in [0.29, 0.717) is 24.6 Å². The third kappa shape index (κ3) is 5.95. The predicted molar refractivity (Wildman–Crippen MR) is 127 cm³/mol. The Labute approximate surface area is 184 Å². The molecule has 28 heavy (non-hydrogen) atoms. The smallest absolute Gasteiger partial charge is 0.251 e. The molecule has 1 aliphatic rings. The van der Waals surface area contributed by atoms with Crippen molar-refractivity contribution in [2.75, 3.05) is 11.9 Å². The maximum atomic E-state index is 12.1. The van der Waals surface area contributed by atoms with Crippen molar-refractivity contribution in [2.45, 2.75) is 45.6 Å². The summed E-state index contributed by atoms with van der Waals surface area (Å²) in [6, 6.07) is 13.8. The molecule has 0 heterocycles. The van der Waals surface area contributed by atoms with Gasteiger partial charge in [0, 0.05) is 17.8 Å². The number of guanidine groups is 1. The van der Waals surface area contributed by atoms with Gasteiger partial charge in [-0.2, -0.15) is 0 Å². The third-order valence-corrected chi connectivity index (χ3v) is 4.82. The molecule has 3 rings (SSSR count). The van der Waals surface area contributed by atoms with E-state index in [1.54, 1.807) is 0 Å². The van der Waals surface area contributed by atoms with Crippen molar-refractivity contribution in [3.8, 4) is 0 Å². The molecule has 4 N–H and O–H groups in total. The number of halogens is 1. The fraction of sp³-hybridized carbons (Fsp3) is 0.364. The Morgan fingerprint density at radius 1 is 1.14 bits per heavy atom. The van der Waals surface area contributed by atoms with E-state index in [2.05, 4.69) is 33.8 Å². The quantitative estimate of drug-likeness (QED) is 0.321. The zero-order chi connectivity index (χ0) is 19.1. The van der Waals surface area contributed by atoms with Crippen LogP contribution >= 0.6 is 24.0 Å². The lowest BCUT2D eigenvalue weighted by atomic mass is 9.90. The molecule has 0 atom stereocenters. The van der Waals surface area contributed by atoms with Gasteiger partial charge in [-0.15, -0.1) is 24.0 Å². The SMILES string of the molecule is CCCNC(=O)c1cccc(CN=C(N)Nc2cccc3c2CCCC3)c1.I. The summed E-state index contributed by atoms with van der Waals surface area (Å²) in [5, 5.41) is 6.14. The van der Waals surface area contributed by atoms with Crippen LogP contribution in [0.25, 0.3) is 0 Å². The second-order valence-electron chi connectivity index (χ2n) is 6.93. The summed E-state index contributed by atoms with van der Waals surface area (Å²) >= 11 is 0. The van der Waals surface area contributed by atoms with Gasteiger partial charge < -0.3 is 16.4 Å². The number of amides is 1. The maximum Gasteiger partial charge on any atom is 0.251 e. The topological polar surface area (TPSA) is 79.5 Å². The third-order valence-electron chi connectivity index (χ3n) is 4.82. The molecule has 0 saturated heterocycles. The van der Waals surface area contributed by atoms with E-state index in [1.165, 1.54) is 24.0 Å². The van der Waals surface area contributed by atoms with Crippen molar-refractivity contribution in [3.63, 3.8) is 0 Å². The largest absolute Gasteiger partial charge is 0.370 e. The molecule has 2 aromatic carbocycles. The highest BCUT2D eigenvalue weighted by Gasteiger charge is 2.13. The van der Waals surface area contributed by atoms with Crippen LogP contribution in [0, 0.1) is 0 Å². The van der Waals surface area contributed by atoms with Gasteiger partial charge in [-0.1, -0.05) is 31.2 Å². The number of aryl methyl sites for hydroxylation is 1. The molecule has 1 amide bonds. The van der Waals surface area contributed by atoms with E-state index in [4.69, 9.17) is 5.73 Å². The summed E-state index contributed by atoms with van der Waals surface area (Å²) in [6.07, 6.45) is 5.61. The van der Waals surface area contributed by atoms with Gasteiger partial charge >= 0.3 is 0 Å². The van der Waals surface area contributed by atoms with Crippen LogP contribution in [-0.2, 0) is 19.4 Å². The Bertz CT molecular complexity index is 835. The number of aliphatic imine (C=N–C) groups is 1. The number of benzene rings is 2. The van der Waals surface area contributed by atoms with Crippen LogP contribution in [0.5, 0.6) is 0 Å². The molecule has 1 aliphatic carbocycles. The molecule has 0 unspecified atom stereocenters.